The number of rotatable bonds is 7. The second-order valence-electron chi connectivity index (χ2n) is 10.1. The number of methoxy groups -OCH3 is 2. The average Bonchev–Trinajstić information content (AvgIpc) is 3.78. The molecule has 2 fully saturated rings. The minimum atomic E-state index is -0.519. The molecule has 39 heavy (non-hydrogen) atoms. The van der Waals surface area contributed by atoms with Gasteiger partial charge in [-0.15, -0.1) is 0 Å². The van der Waals surface area contributed by atoms with Gasteiger partial charge in [-0.05, 0) is 43.7 Å². The number of nitro benzene ring substituents is 1. The third-order valence-corrected chi connectivity index (χ3v) is 7.75. The van der Waals surface area contributed by atoms with Gasteiger partial charge < -0.3 is 14.4 Å². The molecule has 0 unspecified atom stereocenters. The SMILES string of the molecule is COc1cc2ncnc(N3CCC(n4c(=O)c5cc([N+](=O)[O-])ccc5n(CC5CC5)c4=O)CC3)c2cc1OC. The average molecular weight is 533 g/mol. The highest BCUT2D eigenvalue weighted by atomic mass is 16.6. The molecule has 4 aromatic rings. The van der Waals surface area contributed by atoms with E-state index in [2.05, 4.69) is 14.9 Å². The molecule has 3 heterocycles. The molecule has 12 nitrogen and oxygen atoms in total. The smallest absolute Gasteiger partial charge is 0.331 e. The zero-order valence-corrected chi connectivity index (χ0v) is 21.7. The third-order valence-electron chi connectivity index (χ3n) is 7.75. The number of anilines is 1. The fourth-order valence-corrected chi connectivity index (χ4v) is 5.51. The summed E-state index contributed by atoms with van der Waals surface area (Å²) in [6, 6.07) is 7.49. The lowest BCUT2D eigenvalue weighted by atomic mass is 10.0. The number of aromatic nitrogens is 4. The Kier molecular flexibility index (Phi) is 6.16. The molecule has 0 amide bonds. The van der Waals surface area contributed by atoms with Gasteiger partial charge in [0.1, 0.15) is 12.1 Å². The summed E-state index contributed by atoms with van der Waals surface area (Å²) in [6.45, 7) is 1.63. The highest BCUT2D eigenvalue weighted by Gasteiger charge is 2.29. The lowest BCUT2D eigenvalue weighted by Gasteiger charge is -2.34. The molecule has 12 heteroatoms. The van der Waals surface area contributed by atoms with Crippen molar-refractivity contribution in [2.75, 3.05) is 32.2 Å². The molecule has 0 N–H and O–H groups in total. The van der Waals surface area contributed by atoms with Gasteiger partial charge in [0.25, 0.3) is 11.2 Å². The van der Waals surface area contributed by atoms with E-state index in [-0.39, 0.29) is 22.8 Å². The summed E-state index contributed by atoms with van der Waals surface area (Å²) in [5.41, 5.74) is 0.174. The standard InChI is InChI=1S/C27H28N6O6/c1-38-23-12-19-21(13-24(23)39-2)28-15-29-25(19)30-9-7-17(8-10-30)32-26(34)20-11-18(33(36)37)5-6-22(20)31(27(32)35)14-16-3-4-16/h5-6,11-13,15-17H,3-4,7-10,14H2,1-2H3. The van der Waals surface area contributed by atoms with E-state index >= 15 is 0 Å². The molecule has 0 bridgehead atoms. The van der Waals surface area contributed by atoms with Gasteiger partial charge in [0.15, 0.2) is 11.5 Å². The largest absolute Gasteiger partial charge is 0.493 e. The molecule has 1 aliphatic carbocycles. The zero-order chi connectivity index (χ0) is 27.3. The van der Waals surface area contributed by atoms with Crippen molar-refractivity contribution in [2.24, 2.45) is 5.92 Å². The molecule has 6 rings (SSSR count). The summed E-state index contributed by atoms with van der Waals surface area (Å²) in [5.74, 6) is 2.28. The van der Waals surface area contributed by atoms with Crippen molar-refractivity contribution in [2.45, 2.75) is 38.3 Å². The summed E-state index contributed by atoms with van der Waals surface area (Å²) in [4.78, 5) is 49.2. The molecular formula is C27H28N6O6. The number of nitrogens with zero attached hydrogens (tertiary/aromatic N) is 6. The van der Waals surface area contributed by atoms with Crippen molar-refractivity contribution in [1.82, 2.24) is 19.1 Å². The monoisotopic (exact) mass is 532 g/mol. The van der Waals surface area contributed by atoms with Crippen LogP contribution < -0.4 is 25.6 Å². The van der Waals surface area contributed by atoms with Crippen molar-refractivity contribution in [3.63, 3.8) is 0 Å². The van der Waals surface area contributed by atoms with Gasteiger partial charge in [-0.1, -0.05) is 0 Å². The van der Waals surface area contributed by atoms with E-state index in [1.807, 2.05) is 12.1 Å². The van der Waals surface area contributed by atoms with Crippen LogP contribution in [0.2, 0.25) is 0 Å². The zero-order valence-electron chi connectivity index (χ0n) is 21.7. The number of non-ortho nitro benzene ring substituents is 1. The summed E-state index contributed by atoms with van der Waals surface area (Å²) >= 11 is 0. The Balaban J connectivity index is 1.36. The molecule has 2 aliphatic rings. The molecule has 0 spiro atoms. The predicted molar refractivity (Wildman–Crippen MR) is 145 cm³/mol. The number of hydrogen-bond acceptors (Lipinski definition) is 9. The van der Waals surface area contributed by atoms with E-state index in [4.69, 9.17) is 9.47 Å². The third kappa shape index (κ3) is 4.35. The topological polar surface area (TPSA) is 135 Å². The van der Waals surface area contributed by atoms with Gasteiger partial charge in [0, 0.05) is 49.3 Å². The molecule has 2 aromatic heterocycles. The molecule has 1 saturated carbocycles. The van der Waals surface area contributed by atoms with E-state index in [0.717, 1.165) is 29.6 Å². The van der Waals surface area contributed by atoms with E-state index in [9.17, 15) is 19.7 Å². The maximum absolute atomic E-state index is 13.7. The number of piperidine rings is 1. The Hall–Kier alpha value is -4.48. The van der Waals surface area contributed by atoms with Gasteiger partial charge in [-0.25, -0.2) is 14.8 Å². The van der Waals surface area contributed by atoms with Gasteiger partial charge in [0.2, 0.25) is 0 Å². The van der Waals surface area contributed by atoms with E-state index in [1.54, 1.807) is 18.8 Å². The van der Waals surface area contributed by atoms with Crippen LogP contribution in [0.4, 0.5) is 11.5 Å². The second kappa shape index (κ2) is 9.68. The summed E-state index contributed by atoms with van der Waals surface area (Å²) in [6.07, 6.45) is 4.65. The molecular weight excluding hydrogens is 504 g/mol. The fraction of sp³-hybridized carbons (Fsp3) is 0.407. The minimum Gasteiger partial charge on any atom is -0.493 e. The van der Waals surface area contributed by atoms with Crippen LogP contribution in [0.5, 0.6) is 11.5 Å². The van der Waals surface area contributed by atoms with Crippen molar-refractivity contribution in [3.05, 3.63) is 67.6 Å². The Bertz CT molecular complexity index is 1720. The van der Waals surface area contributed by atoms with Gasteiger partial charge in [-0.2, -0.15) is 0 Å². The molecule has 0 radical (unpaired) electrons. The lowest BCUT2D eigenvalue weighted by Crippen LogP contribution is -2.46. The van der Waals surface area contributed by atoms with Crippen molar-refractivity contribution < 1.29 is 14.4 Å². The number of ether oxygens (including phenoxy) is 2. The van der Waals surface area contributed by atoms with Gasteiger partial charge in [-0.3, -0.25) is 24.0 Å². The Morgan fingerprint density at radius 1 is 0.974 bits per heavy atom. The van der Waals surface area contributed by atoms with Crippen molar-refractivity contribution >= 4 is 33.3 Å². The first kappa shape index (κ1) is 24.8. The predicted octanol–water partition coefficient (Wildman–Crippen LogP) is 3.28. The van der Waals surface area contributed by atoms with E-state index in [1.165, 1.54) is 29.1 Å². The van der Waals surface area contributed by atoms with E-state index in [0.29, 0.717) is 55.4 Å². The van der Waals surface area contributed by atoms with Crippen LogP contribution in [-0.4, -0.2) is 51.3 Å². The number of benzene rings is 2. The summed E-state index contributed by atoms with van der Waals surface area (Å²) < 4.78 is 13.8. The molecule has 2 aromatic carbocycles. The molecule has 1 saturated heterocycles. The molecule has 1 aliphatic heterocycles. The van der Waals surface area contributed by atoms with Crippen LogP contribution >= 0.6 is 0 Å². The lowest BCUT2D eigenvalue weighted by molar-refractivity contribution is -0.384. The first-order valence-electron chi connectivity index (χ1n) is 12.9. The van der Waals surface area contributed by atoms with E-state index < -0.39 is 10.5 Å². The quantitative estimate of drug-likeness (QED) is 0.259. The maximum Gasteiger partial charge on any atom is 0.331 e. The summed E-state index contributed by atoms with van der Waals surface area (Å²) in [5, 5.41) is 12.4. The first-order chi connectivity index (χ1) is 18.9. The Labute approximate surface area is 222 Å². The second-order valence-corrected chi connectivity index (χ2v) is 10.1. The van der Waals surface area contributed by atoms with Gasteiger partial charge in [0.05, 0.1) is 35.6 Å². The van der Waals surface area contributed by atoms with Gasteiger partial charge >= 0.3 is 5.69 Å². The highest BCUT2D eigenvalue weighted by molar-refractivity contribution is 5.92. The molecule has 0 atom stereocenters. The fourth-order valence-electron chi connectivity index (χ4n) is 5.51. The number of hydrogen-bond donors (Lipinski definition) is 0. The number of fused-ring (bicyclic) bond motifs is 2. The highest BCUT2D eigenvalue weighted by Crippen LogP contribution is 2.36. The van der Waals surface area contributed by atoms with Crippen LogP contribution in [0.25, 0.3) is 21.8 Å². The first-order valence-corrected chi connectivity index (χ1v) is 12.9. The van der Waals surface area contributed by atoms with Crippen LogP contribution in [-0.2, 0) is 6.54 Å². The Morgan fingerprint density at radius 3 is 2.36 bits per heavy atom. The van der Waals surface area contributed by atoms with Crippen LogP contribution in [0.1, 0.15) is 31.7 Å². The maximum atomic E-state index is 13.7. The van der Waals surface area contributed by atoms with Crippen molar-refractivity contribution in [3.8, 4) is 11.5 Å². The minimum absolute atomic E-state index is 0.166. The van der Waals surface area contributed by atoms with Crippen LogP contribution in [0, 0.1) is 16.0 Å². The van der Waals surface area contributed by atoms with Crippen LogP contribution in [0.15, 0.2) is 46.2 Å². The van der Waals surface area contributed by atoms with Crippen molar-refractivity contribution in [1.29, 1.82) is 0 Å². The Morgan fingerprint density at radius 2 is 1.69 bits per heavy atom. The number of nitro groups is 1. The summed E-state index contributed by atoms with van der Waals surface area (Å²) in [7, 11) is 3.15. The van der Waals surface area contributed by atoms with Crippen LogP contribution in [0.3, 0.4) is 0 Å². The normalized spacial score (nSPS) is 16.1. The molecule has 202 valence electrons.